The minimum Gasteiger partial charge on any atom is -0.508 e. The van der Waals surface area contributed by atoms with Gasteiger partial charge in [0.15, 0.2) is 0 Å². The summed E-state index contributed by atoms with van der Waals surface area (Å²) in [5.41, 5.74) is 16.4. The summed E-state index contributed by atoms with van der Waals surface area (Å²) in [6, 6.07) is 97.9. The molecule has 20 rings (SSSR count). The first-order valence-corrected chi connectivity index (χ1v) is 55.5. The van der Waals surface area contributed by atoms with Gasteiger partial charge in [0.05, 0.1) is 47.3 Å². The zero-order valence-electron chi connectivity index (χ0n) is 78.1. The molecule has 148 heavy (non-hydrogen) atoms. The third kappa shape index (κ3) is 26.1. The van der Waals surface area contributed by atoms with Crippen molar-refractivity contribution in [3.63, 3.8) is 0 Å². The van der Waals surface area contributed by atoms with Crippen molar-refractivity contribution >= 4 is 225 Å². The number of phenolic OH excluding ortho intramolecular Hbond substituents is 2. The van der Waals surface area contributed by atoms with E-state index in [-0.39, 0.29) is 49.6 Å². The Hall–Kier alpha value is -12.9. The molecule has 3 aliphatic carbocycles. The van der Waals surface area contributed by atoms with Gasteiger partial charge >= 0.3 is 22.8 Å². The van der Waals surface area contributed by atoms with E-state index >= 15 is 0 Å². The van der Waals surface area contributed by atoms with Crippen LogP contribution in [0.25, 0.3) is 112 Å². The molecule has 5 heterocycles. The number of aromatic hydroxyl groups is 4. The number of thiol groups is 6. The molecule has 3 aliphatic heterocycles. The highest BCUT2D eigenvalue weighted by atomic mass is 33.1. The number of carbonyl (C=O) groups is 5. The summed E-state index contributed by atoms with van der Waals surface area (Å²) < 4.78 is 34.5. The predicted octanol–water partition coefficient (Wildman–Crippen LogP) is 32.9. The van der Waals surface area contributed by atoms with Gasteiger partial charge in [0.1, 0.15) is 45.7 Å². The molecule has 0 spiro atoms. The molecule has 0 unspecified atom stereocenters. The van der Waals surface area contributed by atoms with Gasteiger partial charge in [0, 0.05) is 99.8 Å². The maximum absolute atomic E-state index is 12.8. The van der Waals surface area contributed by atoms with Gasteiger partial charge in [0.2, 0.25) is 20.5 Å². The van der Waals surface area contributed by atoms with Crippen LogP contribution in [0.3, 0.4) is 0 Å². The molecular weight excluding hydrogens is 2150 g/mol. The largest absolute Gasteiger partial charge is 0.508 e. The van der Waals surface area contributed by atoms with Crippen molar-refractivity contribution in [1.29, 1.82) is 0 Å². The van der Waals surface area contributed by atoms with Crippen LogP contribution in [0.15, 0.2) is 419 Å². The number of benzene rings is 10. The number of carbonyl (C=O) groups excluding carboxylic acids is 5. The lowest BCUT2D eigenvalue weighted by atomic mass is 10.0. The molecule has 18 nitrogen and oxygen atoms in total. The van der Waals surface area contributed by atoms with Crippen molar-refractivity contribution in [2.75, 3.05) is 0 Å². The van der Waals surface area contributed by atoms with E-state index in [1.807, 2.05) is 186 Å². The molecule has 0 atom stereocenters. The molecule has 0 fully saturated rings. The van der Waals surface area contributed by atoms with Crippen molar-refractivity contribution in [3.8, 4) is 119 Å². The van der Waals surface area contributed by atoms with Crippen molar-refractivity contribution in [3.05, 3.63) is 430 Å². The van der Waals surface area contributed by atoms with Crippen molar-refractivity contribution in [1.82, 2.24) is 0 Å². The number of furan rings is 5. The lowest BCUT2D eigenvalue weighted by Gasteiger charge is -2.06. The Morgan fingerprint density at radius 2 is 0.541 bits per heavy atom. The van der Waals surface area contributed by atoms with Crippen LogP contribution in [0.1, 0.15) is 79.6 Å². The van der Waals surface area contributed by atoms with Crippen LogP contribution in [0, 0.1) is 43.6 Å². The van der Waals surface area contributed by atoms with E-state index in [0.29, 0.717) is 140 Å². The fraction of sp³-hybridized carbons (Fsp3) is 0.0435. The number of hydrogen-bond acceptors (Lipinski definition) is 33. The van der Waals surface area contributed by atoms with E-state index in [1.54, 1.807) is 158 Å². The van der Waals surface area contributed by atoms with Crippen molar-refractivity contribution in [2.45, 2.75) is 83.6 Å². The molecule has 14 aromatic rings. The highest BCUT2D eigenvalue weighted by Gasteiger charge is 2.28. The van der Waals surface area contributed by atoms with Crippen LogP contribution in [-0.2, 0) is 0 Å². The Morgan fingerprint density at radius 3 is 0.838 bits per heavy atom. The molecule has 0 radical (unpaired) electrons. The lowest BCUT2D eigenvalue weighted by Crippen LogP contribution is -2.08. The molecule has 0 bridgehead atoms. The number of thioether (sulfide) groups is 4. The normalized spacial score (nSPS) is 11.0. The third-order valence-corrected chi connectivity index (χ3v) is 32.2. The van der Waals surface area contributed by atoms with E-state index < -0.39 is 22.8 Å². The molecule has 2 aromatic heterocycles. The molecular formula is C115H80O18S15. The Kier molecular flexibility index (Phi) is 35.7. The van der Waals surface area contributed by atoms with E-state index in [4.69, 9.17) is 51.3 Å². The van der Waals surface area contributed by atoms with Crippen molar-refractivity contribution < 1.29 is 71.2 Å². The smallest absolute Gasteiger partial charge is 0.344 e. The molecule has 0 saturated heterocycles. The summed E-state index contributed by atoms with van der Waals surface area (Å²) in [4.78, 5) is 108. The van der Waals surface area contributed by atoms with Gasteiger partial charge in [-0.1, -0.05) is 206 Å². The Morgan fingerprint density at radius 1 is 0.277 bits per heavy atom. The summed E-state index contributed by atoms with van der Waals surface area (Å²) in [6.45, 7) is 9.96. The average Bonchev–Trinajstić information content (AvgIpc) is 1.65. The SMILES string of the molecule is Cc1ccc(-c2c(O)oc3cc(SC(=O)c4ccc(O)cc4)c(=S)ccc23)cc1.Cc1ccc(-c2c(O)oc3cc(SC(=O)c4ccc(S)cc4)c(=S)ccc23)cc1.Cc1ccc(-c2c3ccc(SS)c(OC(=O)c4ccc(S)cc4)cc-3oc2=O)cc1.Cc1ccc(-c2c3ccc(SS)c(SC(=O)c4ccc(O)cc4)cc-3oc2=O)cc1.Cc1ccc(-c2c3ccc(SS)c(SC(=O)c4ccc(S)cc4)cc-3oc2=O)cc1. The number of aryl methyl sites for hydroxylation is 5. The standard InChI is InChI=1S/2C23H16O4S3.C23H16O4S2.C23H16O3S4.C23H16O3S3/c1-13-2-4-14(5-3-13)21-17-10-11-20(30-29)19(12-18(17)26-23(21)25)27-22(24)15-6-8-16(28)9-7-15;1-13-2-4-14(5-3-13)21-17-10-11-19(30-28)20(12-18(17)27-22(21)25)29-23(26)15-6-8-16(24)9-7-15;1-13-2-4-14(5-3-13)21-17-10-11-19(28)20(12-18(17)27-22(21)25)29-23(26)15-6-8-16(24)9-7-15;1-13-2-4-14(5-3-13)21-17-10-11-19(30-28)20(12-18(17)26-22(21)24)29-23(25)15-6-8-16(27)9-7-15;1-13-2-4-14(5-3-13)21-17-10-11-19(28)20(12-18(17)26-22(21)24)29-23(25)15-6-8-16(27)9-7-15/h2-12,28-29H,1H3;2-12,24,28H,1H3;2-12,24-25H,1H3;2-12,27-28H,1H3;2-12,24,27H,1H3. The monoisotopic (exact) mass is 2230 g/mol. The Balaban J connectivity index is 0.000000132. The second-order valence-corrected chi connectivity index (χ2v) is 43.1. The number of hydrogen-bond donors (Lipinski definition) is 10. The zero-order chi connectivity index (χ0) is 105. The van der Waals surface area contributed by atoms with Crippen LogP contribution in [0.2, 0.25) is 0 Å². The lowest BCUT2D eigenvalue weighted by molar-refractivity contribution is 0.0729. The second kappa shape index (κ2) is 49.0. The minimum atomic E-state index is -0.529. The summed E-state index contributed by atoms with van der Waals surface area (Å²) in [6.07, 6.45) is 0. The van der Waals surface area contributed by atoms with Gasteiger partial charge < -0.3 is 47.2 Å². The highest BCUT2D eigenvalue weighted by Crippen LogP contribution is 2.48. The van der Waals surface area contributed by atoms with Crippen molar-refractivity contribution in [2.24, 2.45) is 0 Å². The van der Waals surface area contributed by atoms with Gasteiger partial charge in [-0.15, -0.1) is 72.9 Å². The predicted molar refractivity (Wildman–Crippen MR) is 621 cm³/mol. The molecule has 738 valence electrons. The highest BCUT2D eigenvalue weighted by molar-refractivity contribution is 8.69. The molecule has 0 saturated carbocycles. The van der Waals surface area contributed by atoms with Crippen LogP contribution in [0.4, 0.5) is 0 Å². The first-order valence-electron chi connectivity index (χ1n) is 44.5. The third-order valence-electron chi connectivity index (χ3n) is 22.8. The summed E-state index contributed by atoms with van der Waals surface area (Å²) in [7, 11) is 3.59. The summed E-state index contributed by atoms with van der Waals surface area (Å²) in [5.74, 6) is 0.756. The van der Waals surface area contributed by atoms with Gasteiger partial charge in [-0.05, 0) is 316 Å². The summed E-state index contributed by atoms with van der Waals surface area (Å²) >= 11 is 40.7. The molecule has 0 amide bonds. The van der Waals surface area contributed by atoms with Crippen LogP contribution < -0.4 is 21.6 Å². The van der Waals surface area contributed by atoms with Crippen LogP contribution in [0.5, 0.6) is 29.1 Å². The van der Waals surface area contributed by atoms with E-state index in [9.17, 15) is 58.8 Å². The summed E-state index contributed by atoms with van der Waals surface area (Å²) in [5, 5.41) is 40.4. The first-order chi connectivity index (χ1) is 71.2. The topological polar surface area (TPSA) is 292 Å². The minimum absolute atomic E-state index is 0.0954. The van der Waals surface area contributed by atoms with E-state index in [1.165, 1.54) is 45.9 Å². The van der Waals surface area contributed by atoms with Crippen LogP contribution >= 0.6 is 177 Å². The van der Waals surface area contributed by atoms with Gasteiger partial charge in [-0.3, -0.25) is 19.2 Å². The first kappa shape index (κ1) is 108. The van der Waals surface area contributed by atoms with E-state index in [0.717, 1.165) is 143 Å². The molecule has 4 N–H and O–H groups in total. The van der Waals surface area contributed by atoms with Gasteiger partial charge in [-0.25, -0.2) is 19.2 Å². The number of ether oxygens (including phenoxy) is 1. The Labute approximate surface area is 919 Å². The Bertz CT molecular complexity index is 7940. The maximum atomic E-state index is 12.8. The quantitative estimate of drug-likeness (QED) is 0.0126. The zero-order valence-corrected chi connectivity index (χ0v) is 90.8. The molecule has 33 heteroatoms. The van der Waals surface area contributed by atoms with Gasteiger partial charge in [-0.2, -0.15) is 0 Å². The maximum Gasteiger partial charge on any atom is 0.344 e. The second-order valence-electron chi connectivity index (χ2n) is 33.1. The number of esters is 1. The average molecular weight is 2230 g/mol. The fourth-order valence-electron chi connectivity index (χ4n) is 15.1. The molecule has 12 aromatic carbocycles. The van der Waals surface area contributed by atoms with Gasteiger partial charge in [0.25, 0.3) is 11.9 Å². The van der Waals surface area contributed by atoms with Crippen LogP contribution in [-0.4, -0.2) is 46.9 Å². The molecule has 6 aliphatic rings. The number of phenols is 2. The number of fused-ring (bicyclic) bond motifs is 5. The van der Waals surface area contributed by atoms with E-state index in [2.05, 4.69) is 72.9 Å². The fourth-order valence-corrected chi connectivity index (χ4v) is 22.4. The number of rotatable bonds is 18.